The summed E-state index contributed by atoms with van der Waals surface area (Å²) >= 11 is 0. The first-order chi connectivity index (χ1) is 11.6. The predicted octanol–water partition coefficient (Wildman–Crippen LogP) is 2.55. The third-order valence-electron chi connectivity index (χ3n) is 3.77. The molecule has 1 saturated heterocycles. The molecule has 1 aliphatic heterocycles. The number of carbonyl (C=O) groups is 1. The Hall–Kier alpha value is -1.81. The van der Waals surface area contributed by atoms with E-state index in [0.29, 0.717) is 0 Å². The third kappa shape index (κ3) is 4.85. The van der Waals surface area contributed by atoms with Gasteiger partial charge in [-0.3, -0.25) is 4.79 Å². The lowest BCUT2D eigenvalue weighted by Crippen LogP contribution is -2.40. The van der Waals surface area contributed by atoms with Crippen molar-refractivity contribution in [1.82, 2.24) is 4.31 Å². The second-order valence-corrected chi connectivity index (χ2v) is 7.33. The summed E-state index contributed by atoms with van der Waals surface area (Å²) in [6.45, 7) is 1.95. The van der Waals surface area contributed by atoms with Gasteiger partial charge in [0.25, 0.3) is 0 Å². The SMILES string of the molecule is CCOC(=O)C1CCN(S(=O)(=O)c2ccccc2OC(F)(F)F)CC1. The lowest BCUT2D eigenvalue weighted by molar-refractivity contribution is -0.275. The van der Waals surface area contributed by atoms with Crippen molar-refractivity contribution in [3.05, 3.63) is 24.3 Å². The van der Waals surface area contributed by atoms with Gasteiger partial charge in [-0.2, -0.15) is 4.31 Å². The van der Waals surface area contributed by atoms with Gasteiger partial charge < -0.3 is 9.47 Å². The Kier molecular flexibility index (Phi) is 5.94. The molecule has 0 aromatic heterocycles. The van der Waals surface area contributed by atoms with Crippen LogP contribution < -0.4 is 4.74 Å². The number of ether oxygens (including phenoxy) is 2. The van der Waals surface area contributed by atoms with E-state index in [1.54, 1.807) is 6.92 Å². The van der Waals surface area contributed by atoms with Crippen LogP contribution in [0.5, 0.6) is 5.75 Å². The molecule has 0 radical (unpaired) electrons. The van der Waals surface area contributed by atoms with Crippen LogP contribution >= 0.6 is 0 Å². The van der Waals surface area contributed by atoms with Crippen LogP contribution in [0.25, 0.3) is 0 Å². The molecule has 0 bridgehead atoms. The predicted molar refractivity (Wildman–Crippen MR) is 81.2 cm³/mol. The van der Waals surface area contributed by atoms with E-state index in [1.165, 1.54) is 12.1 Å². The number of esters is 1. The zero-order valence-corrected chi connectivity index (χ0v) is 14.3. The van der Waals surface area contributed by atoms with Gasteiger partial charge in [-0.05, 0) is 31.9 Å². The topological polar surface area (TPSA) is 72.9 Å². The molecular formula is C15H18F3NO5S. The zero-order chi connectivity index (χ0) is 18.7. The molecule has 10 heteroatoms. The smallest absolute Gasteiger partial charge is 0.466 e. The van der Waals surface area contributed by atoms with Crippen LogP contribution in [0.4, 0.5) is 13.2 Å². The van der Waals surface area contributed by atoms with Crippen molar-refractivity contribution in [2.45, 2.75) is 31.0 Å². The highest BCUT2D eigenvalue weighted by Gasteiger charge is 2.37. The first kappa shape index (κ1) is 19.5. The Morgan fingerprint density at radius 1 is 1.24 bits per heavy atom. The molecule has 1 aliphatic rings. The van der Waals surface area contributed by atoms with E-state index in [9.17, 15) is 26.4 Å². The molecule has 0 spiro atoms. The van der Waals surface area contributed by atoms with Crippen LogP contribution in [0, 0.1) is 5.92 Å². The summed E-state index contributed by atoms with van der Waals surface area (Å²) in [5, 5.41) is 0. The molecule has 0 N–H and O–H groups in total. The highest BCUT2D eigenvalue weighted by molar-refractivity contribution is 7.89. The molecule has 1 aromatic carbocycles. The Morgan fingerprint density at radius 2 is 1.84 bits per heavy atom. The Bertz CT molecular complexity index is 712. The summed E-state index contributed by atoms with van der Waals surface area (Å²) in [6.07, 6.45) is -4.50. The van der Waals surface area contributed by atoms with Crippen molar-refractivity contribution in [2.75, 3.05) is 19.7 Å². The average Bonchev–Trinajstić information content (AvgIpc) is 2.54. The summed E-state index contributed by atoms with van der Waals surface area (Å²) in [5.41, 5.74) is 0. The number of carbonyl (C=O) groups excluding carboxylic acids is 1. The molecule has 25 heavy (non-hydrogen) atoms. The minimum atomic E-state index is -5.00. The second-order valence-electron chi connectivity index (χ2n) is 5.42. The Labute approximate surface area is 143 Å². The maximum absolute atomic E-state index is 12.7. The van der Waals surface area contributed by atoms with E-state index in [-0.39, 0.29) is 38.5 Å². The molecule has 0 amide bonds. The fourth-order valence-corrected chi connectivity index (χ4v) is 4.19. The van der Waals surface area contributed by atoms with E-state index >= 15 is 0 Å². The van der Waals surface area contributed by atoms with Gasteiger partial charge in [0.1, 0.15) is 10.6 Å². The van der Waals surface area contributed by atoms with Crippen LogP contribution in [-0.2, 0) is 19.6 Å². The summed E-state index contributed by atoms with van der Waals surface area (Å²) in [6, 6.07) is 4.59. The van der Waals surface area contributed by atoms with Gasteiger partial charge in [-0.25, -0.2) is 8.42 Å². The van der Waals surface area contributed by atoms with E-state index in [4.69, 9.17) is 4.74 Å². The van der Waals surface area contributed by atoms with Crippen molar-refractivity contribution < 1.29 is 35.9 Å². The molecule has 0 aliphatic carbocycles. The maximum atomic E-state index is 12.7. The van der Waals surface area contributed by atoms with Crippen molar-refractivity contribution in [2.24, 2.45) is 5.92 Å². The molecule has 2 rings (SSSR count). The molecular weight excluding hydrogens is 363 g/mol. The van der Waals surface area contributed by atoms with E-state index in [2.05, 4.69) is 4.74 Å². The van der Waals surface area contributed by atoms with Crippen molar-refractivity contribution in [3.63, 3.8) is 0 Å². The largest absolute Gasteiger partial charge is 0.573 e. The zero-order valence-electron chi connectivity index (χ0n) is 13.5. The van der Waals surface area contributed by atoms with Crippen LogP contribution in [-0.4, -0.2) is 44.8 Å². The Morgan fingerprint density at radius 3 is 2.40 bits per heavy atom. The molecule has 1 heterocycles. The number of hydrogen-bond donors (Lipinski definition) is 0. The Balaban J connectivity index is 2.17. The van der Waals surface area contributed by atoms with Gasteiger partial charge >= 0.3 is 12.3 Å². The number of hydrogen-bond acceptors (Lipinski definition) is 5. The third-order valence-corrected chi connectivity index (χ3v) is 5.70. The number of alkyl halides is 3. The first-order valence-electron chi connectivity index (χ1n) is 7.66. The minimum absolute atomic E-state index is 0.0200. The van der Waals surface area contributed by atoms with Crippen molar-refractivity contribution in [1.29, 1.82) is 0 Å². The molecule has 1 fully saturated rings. The average molecular weight is 381 g/mol. The minimum Gasteiger partial charge on any atom is -0.466 e. The lowest BCUT2D eigenvalue weighted by atomic mass is 9.98. The van der Waals surface area contributed by atoms with Crippen LogP contribution in [0.15, 0.2) is 29.2 Å². The number of halogens is 3. The second kappa shape index (κ2) is 7.61. The monoisotopic (exact) mass is 381 g/mol. The van der Waals surface area contributed by atoms with Gasteiger partial charge in [0.2, 0.25) is 10.0 Å². The van der Waals surface area contributed by atoms with Crippen LogP contribution in [0.3, 0.4) is 0 Å². The highest BCUT2D eigenvalue weighted by Crippen LogP contribution is 2.33. The van der Waals surface area contributed by atoms with Gasteiger partial charge in [0.15, 0.2) is 0 Å². The summed E-state index contributed by atoms with van der Waals surface area (Å²) < 4.78 is 72.6. The van der Waals surface area contributed by atoms with E-state index < -0.39 is 32.9 Å². The number of piperidine rings is 1. The number of para-hydroxylation sites is 1. The van der Waals surface area contributed by atoms with Crippen LogP contribution in [0.2, 0.25) is 0 Å². The van der Waals surface area contributed by atoms with E-state index in [0.717, 1.165) is 16.4 Å². The van der Waals surface area contributed by atoms with Gasteiger partial charge in [0, 0.05) is 13.1 Å². The maximum Gasteiger partial charge on any atom is 0.573 e. The number of sulfonamides is 1. The standard InChI is InChI=1S/C15H18F3NO5S/c1-2-23-14(20)11-7-9-19(10-8-11)25(21,22)13-6-4-3-5-12(13)24-15(16,17)18/h3-6,11H,2,7-10H2,1H3. The quantitative estimate of drug-likeness (QED) is 0.733. The number of benzene rings is 1. The normalized spacial score (nSPS) is 17.3. The fraction of sp³-hybridized carbons (Fsp3) is 0.533. The summed E-state index contributed by atoms with van der Waals surface area (Å²) in [7, 11) is -4.17. The number of nitrogens with zero attached hydrogens (tertiary/aromatic N) is 1. The van der Waals surface area contributed by atoms with E-state index in [1.807, 2.05) is 0 Å². The molecule has 6 nitrogen and oxygen atoms in total. The van der Waals surface area contributed by atoms with Gasteiger partial charge in [-0.1, -0.05) is 12.1 Å². The summed E-state index contributed by atoms with van der Waals surface area (Å²) in [4.78, 5) is 11.1. The molecule has 1 aromatic rings. The summed E-state index contributed by atoms with van der Waals surface area (Å²) in [5.74, 6) is -1.57. The fourth-order valence-electron chi connectivity index (χ4n) is 2.60. The first-order valence-corrected chi connectivity index (χ1v) is 9.10. The van der Waals surface area contributed by atoms with Gasteiger partial charge in [-0.15, -0.1) is 13.2 Å². The van der Waals surface area contributed by atoms with Crippen LogP contribution in [0.1, 0.15) is 19.8 Å². The lowest BCUT2D eigenvalue weighted by Gasteiger charge is -2.30. The van der Waals surface area contributed by atoms with Gasteiger partial charge in [0.05, 0.1) is 12.5 Å². The molecule has 140 valence electrons. The molecule has 0 atom stereocenters. The molecule has 0 unspecified atom stereocenters. The van der Waals surface area contributed by atoms with Crippen molar-refractivity contribution in [3.8, 4) is 5.75 Å². The highest BCUT2D eigenvalue weighted by atomic mass is 32.2. The van der Waals surface area contributed by atoms with Crippen molar-refractivity contribution >= 4 is 16.0 Å². The number of rotatable bonds is 5. The molecule has 0 saturated carbocycles.